The Bertz CT molecular complexity index is 446. The smallest absolute Gasteiger partial charge is 0.106 e. The van der Waals surface area contributed by atoms with E-state index in [0.717, 1.165) is 17.0 Å². The first kappa shape index (κ1) is 11.7. The van der Waals surface area contributed by atoms with E-state index >= 15 is 0 Å². The molecule has 1 N–H and O–H groups in total. The number of aliphatic hydroxyl groups excluding tert-OH is 1. The van der Waals surface area contributed by atoms with Crippen LogP contribution in [0.25, 0.3) is 0 Å². The molecule has 90 valence electrons. The van der Waals surface area contributed by atoms with Crippen LogP contribution in [0.3, 0.4) is 0 Å². The normalized spacial score (nSPS) is 12.4. The summed E-state index contributed by atoms with van der Waals surface area (Å²) in [6.07, 6.45) is 1.61. The largest absolute Gasteiger partial charge is 0.469 e. The zero-order valence-electron chi connectivity index (χ0n) is 10.1. The Morgan fingerprint density at radius 3 is 2.41 bits per heavy atom. The van der Waals surface area contributed by atoms with Crippen LogP contribution in [-0.2, 0) is 6.42 Å². The first-order valence-corrected chi connectivity index (χ1v) is 5.64. The van der Waals surface area contributed by atoms with E-state index in [2.05, 4.69) is 0 Å². The molecule has 1 aromatic heterocycles. The van der Waals surface area contributed by atoms with Crippen LogP contribution in [0.15, 0.2) is 47.1 Å². The van der Waals surface area contributed by atoms with Crippen LogP contribution in [0.4, 0.5) is 5.69 Å². The summed E-state index contributed by atoms with van der Waals surface area (Å²) in [5.41, 5.74) is 2.03. The van der Waals surface area contributed by atoms with E-state index in [-0.39, 0.29) is 0 Å². The third-order valence-electron chi connectivity index (χ3n) is 2.77. The van der Waals surface area contributed by atoms with Crippen LogP contribution < -0.4 is 4.90 Å². The molecule has 0 radical (unpaired) electrons. The summed E-state index contributed by atoms with van der Waals surface area (Å²) >= 11 is 0. The highest BCUT2D eigenvalue weighted by atomic mass is 16.3. The Kier molecular flexibility index (Phi) is 3.49. The lowest BCUT2D eigenvalue weighted by molar-refractivity contribution is 0.170. The summed E-state index contributed by atoms with van der Waals surface area (Å²) in [5.74, 6) is 0.800. The number of hydrogen-bond donors (Lipinski definition) is 1. The van der Waals surface area contributed by atoms with Crippen molar-refractivity contribution < 1.29 is 9.52 Å². The van der Waals surface area contributed by atoms with Gasteiger partial charge >= 0.3 is 0 Å². The second kappa shape index (κ2) is 5.06. The van der Waals surface area contributed by atoms with Crippen LogP contribution in [-0.4, -0.2) is 19.2 Å². The number of furan rings is 1. The van der Waals surface area contributed by atoms with Crippen LogP contribution in [0.5, 0.6) is 0 Å². The predicted molar refractivity (Wildman–Crippen MR) is 68.1 cm³/mol. The molecular weight excluding hydrogens is 214 g/mol. The molecule has 1 atom stereocenters. The zero-order valence-corrected chi connectivity index (χ0v) is 10.1. The summed E-state index contributed by atoms with van der Waals surface area (Å²) in [4.78, 5) is 2.03. The molecule has 2 rings (SSSR count). The molecule has 3 heteroatoms. The minimum Gasteiger partial charge on any atom is -0.469 e. The minimum atomic E-state index is -0.516. The first-order chi connectivity index (χ1) is 8.16. The van der Waals surface area contributed by atoms with Gasteiger partial charge in [-0.25, -0.2) is 0 Å². The molecule has 2 aromatic rings. The lowest BCUT2D eigenvalue weighted by atomic mass is 10.0. The van der Waals surface area contributed by atoms with Gasteiger partial charge in [0.25, 0.3) is 0 Å². The Morgan fingerprint density at radius 1 is 1.18 bits per heavy atom. The van der Waals surface area contributed by atoms with Crippen LogP contribution in [0, 0.1) is 0 Å². The van der Waals surface area contributed by atoms with Crippen LogP contribution in [0.1, 0.15) is 17.4 Å². The molecule has 1 heterocycles. The van der Waals surface area contributed by atoms with Gasteiger partial charge in [0.2, 0.25) is 0 Å². The van der Waals surface area contributed by atoms with Gasteiger partial charge in [0, 0.05) is 26.2 Å². The molecule has 0 amide bonds. The summed E-state index contributed by atoms with van der Waals surface area (Å²) in [7, 11) is 3.99. The van der Waals surface area contributed by atoms with Gasteiger partial charge in [-0.05, 0) is 29.8 Å². The van der Waals surface area contributed by atoms with E-state index in [1.165, 1.54) is 0 Å². The number of anilines is 1. The fourth-order valence-electron chi connectivity index (χ4n) is 1.73. The van der Waals surface area contributed by atoms with Gasteiger partial charge in [0.05, 0.1) is 12.4 Å². The number of rotatable bonds is 4. The monoisotopic (exact) mass is 231 g/mol. The van der Waals surface area contributed by atoms with Crippen molar-refractivity contribution in [3.8, 4) is 0 Å². The lowest BCUT2D eigenvalue weighted by Gasteiger charge is -2.14. The minimum absolute atomic E-state index is 0.508. The maximum Gasteiger partial charge on any atom is 0.106 e. The third-order valence-corrected chi connectivity index (χ3v) is 2.77. The fourth-order valence-corrected chi connectivity index (χ4v) is 1.73. The van der Waals surface area contributed by atoms with Gasteiger partial charge in [-0.15, -0.1) is 0 Å². The van der Waals surface area contributed by atoms with E-state index in [1.54, 1.807) is 6.26 Å². The van der Waals surface area contributed by atoms with Crippen molar-refractivity contribution in [2.45, 2.75) is 12.5 Å². The summed E-state index contributed by atoms with van der Waals surface area (Å²) in [6, 6.07) is 11.6. The molecule has 0 aliphatic carbocycles. The number of nitrogens with zero attached hydrogens (tertiary/aromatic N) is 1. The highest BCUT2D eigenvalue weighted by molar-refractivity contribution is 5.46. The highest BCUT2D eigenvalue weighted by Crippen LogP contribution is 2.21. The van der Waals surface area contributed by atoms with Crippen molar-refractivity contribution >= 4 is 5.69 Å². The molecule has 0 saturated heterocycles. The Balaban J connectivity index is 2.06. The van der Waals surface area contributed by atoms with Crippen molar-refractivity contribution in [1.29, 1.82) is 0 Å². The average Bonchev–Trinajstić information content (AvgIpc) is 2.82. The van der Waals surface area contributed by atoms with Gasteiger partial charge in [0.1, 0.15) is 5.76 Å². The lowest BCUT2D eigenvalue weighted by Crippen LogP contribution is -2.09. The van der Waals surface area contributed by atoms with E-state index in [0.29, 0.717) is 6.42 Å². The Morgan fingerprint density at radius 2 is 1.88 bits per heavy atom. The summed E-state index contributed by atoms with van der Waals surface area (Å²) in [6.45, 7) is 0. The Hall–Kier alpha value is -1.74. The average molecular weight is 231 g/mol. The quantitative estimate of drug-likeness (QED) is 0.878. The van der Waals surface area contributed by atoms with Crippen molar-refractivity contribution in [2.24, 2.45) is 0 Å². The van der Waals surface area contributed by atoms with Crippen LogP contribution >= 0.6 is 0 Å². The molecule has 0 spiro atoms. The molecular formula is C14H17NO2. The van der Waals surface area contributed by atoms with Crippen molar-refractivity contribution in [2.75, 3.05) is 19.0 Å². The van der Waals surface area contributed by atoms with Gasteiger partial charge in [-0.1, -0.05) is 12.1 Å². The molecule has 0 bridgehead atoms. The fraction of sp³-hybridized carbons (Fsp3) is 0.286. The highest BCUT2D eigenvalue weighted by Gasteiger charge is 2.10. The maximum absolute atomic E-state index is 10.0. The number of hydrogen-bond acceptors (Lipinski definition) is 3. The molecule has 0 aliphatic rings. The SMILES string of the molecule is CN(C)c1ccc(C(O)Cc2ccco2)cc1. The van der Waals surface area contributed by atoms with E-state index in [1.807, 2.05) is 55.4 Å². The van der Waals surface area contributed by atoms with Gasteiger partial charge < -0.3 is 14.4 Å². The number of aliphatic hydroxyl groups is 1. The summed E-state index contributed by atoms with van der Waals surface area (Å²) in [5, 5.41) is 10.0. The van der Waals surface area contributed by atoms with Gasteiger partial charge in [0.15, 0.2) is 0 Å². The molecule has 1 unspecified atom stereocenters. The van der Waals surface area contributed by atoms with Crippen molar-refractivity contribution in [3.05, 3.63) is 54.0 Å². The molecule has 3 nitrogen and oxygen atoms in total. The second-order valence-electron chi connectivity index (χ2n) is 4.29. The maximum atomic E-state index is 10.0. The molecule has 0 saturated carbocycles. The van der Waals surface area contributed by atoms with E-state index < -0.39 is 6.10 Å². The predicted octanol–water partition coefficient (Wildman–Crippen LogP) is 2.62. The zero-order chi connectivity index (χ0) is 12.3. The Labute approximate surface area is 101 Å². The van der Waals surface area contributed by atoms with Gasteiger partial charge in [-0.2, -0.15) is 0 Å². The first-order valence-electron chi connectivity index (χ1n) is 5.64. The van der Waals surface area contributed by atoms with Gasteiger partial charge in [-0.3, -0.25) is 0 Å². The molecule has 0 fully saturated rings. The number of benzene rings is 1. The molecule has 17 heavy (non-hydrogen) atoms. The van der Waals surface area contributed by atoms with E-state index in [4.69, 9.17) is 4.42 Å². The van der Waals surface area contributed by atoms with Crippen molar-refractivity contribution in [1.82, 2.24) is 0 Å². The third kappa shape index (κ3) is 2.88. The molecule has 1 aromatic carbocycles. The van der Waals surface area contributed by atoms with Crippen LogP contribution in [0.2, 0.25) is 0 Å². The molecule has 0 aliphatic heterocycles. The summed E-state index contributed by atoms with van der Waals surface area (Å²) < 4.78 is 5.22. The standard InChI is InChI=1S/C14H17NO2/c1-15(2)12-7-5-11(6-8-12)14(16)10-13-4-3-9-17-13/h3-9,14,16H,10H2,1-2H3. The topological polar surface area (TPSA) is 36.6 Å². The second-order valence-corrected chi connectivity index (χ2v) is 4.29. The van der Waals surface area contributed by atoms with E-state index in [9.17, 15) is 5.11 Å². The van der Waals surface area contributed by atoms with Crippen molar-refractivity contribution in [3.63, 3.8) is 0 Å².